The molecule has 0 heterocycles. The fraction of sp³-hybridized carbons (Fsp3) is 0.300. The van der Waals surface area contributed by atoms with Gasteiger partial charge in [-0.25, -0.2) is 0 Å². The van der Waals surface area contributed by atoms with Crippen LogP contribution in [0.5, 0.6) is 0 Å². The highest BCUT2D eigenvalue weighted by Crippen LogP contribution is 2.20. The van der Waals surface area contributed by atoms with Crippen molar-refractivity contribution in [2.24, 2.45) is 0 Å². The first kappa shape index (κ1) is 8.61. The molecule has 0 bridgehead atoms. The maximum Gasteiger partial charge on any atom is 0.0435 e. The molecule has 1 radical (unpaired) electrons. The summed E-state index contributed by atoms with van der Waals surface area (Å²) in [6, 6.07) is 6.03. The van der Waals surface area contributed by atoms with Gasteiger partial charge in [-0.05, 0) is 37.0 Å². The molecule has 0 nitrogen and oxygen atoms in total. The van der Waals surface area contributed by atoms with E-state index in [0.29, 0.717) is 5.92 Å². The Labute approximate surface area is 73.2 Å². The molecule has 0 aliphatic carbocycles. The molecule has 1 atom stereocenters. The number of halogens is 1. The monoisotopic (exact) mass is 167 g/mol. The van der Waals surface area contributed by atoms with Gasteiger partial charge in [0.05, 0.1) is 0 Å². The molecule has 0 spiro atoms. The second-order valence-corrected chi connectivity index (χ2v) is 3.32. The van der Waals surface area contributed by atoms with Crippen LogP contribution in [0.4, 0.5) is 0 Å². The summed E-state index contributed by atoms with van der Waals surface area (Å²) in [5.41, 5.74) is 2.37. The fourth-order valence-electron chi connectivity index (χ4n) is 0.974. The Kier molecular flexibility index (Phi) is 2.56. The van der Waals surface area contributed by atoms with E-state index in [1.165, 1.54) is 5.56 Å². The molecule has 11 heavy (non-hydrogen) atoms. The maximum absolute atomic E-state index is 5.86. The van der Waals surface area contributed by atoms with Crippen LogP contribution in [-0.4, -0.2) is 0 Å². The molecule has 0 aromatic heterocycles. The van der Waals surface area contributed by atoms with E-state index >= 15 is 0 Å². The van der Waals surface area contributed by atoms with Gasteiger partial charge < -0.3 is 0 Å². The summed E-state index contributed by atoms with van der Waals surface area (Å²) in [6.45, 7) is 8.02. The molecule has 0 aliphatic rings. The van der Waals surface area contributed by atoms with Crippen molar-refractivity contribution in [1.29, 1.82) is 0 Å². The number of benzene rings is 1. The molecule has 0 fully saturated rings. The summed E-state index contributed by atoms with van der Waals surface area (Å²) < 4.78 is 0. The smallest absolute Gasteiger partial charge is 0.0435 e. The highest BCUT2D eigenvalue weighted by Gasteiger charge is 2.00. The highest BCUT2D eigenvalue weighted by molar-refractivity contribution is 6.31. The van der Waals surface area contributed by atoms with Crippen molar-refractivity contribution in [3.8, 4) is 0 Å². The second kappa shape index (κ2) is 3.27. The Morgan fingerprint density at radius 2 is 2.09 bits per heavy atom. The third kappa shape index (κ3) is 1.97. The van der Waals surface area contributed by atoms with Gasteiger partial charge in [0.2, 0.25) is 0 Å². The summed E-state index contributed by atoms with van der Waals surface area (Å²) in [7, 11) is 0. The molecular formula is C10H12Cl. The van der Waals surface area contributed by atoms with Crippen molar-refractivity contribution in [3.63, 3.8) is 0 Å². The molecule has 0 amide bonds. The molecule has 1 aromatic carbocycles. The van der Waals surface area contributed by atoms with E-state index in [4.69, 9.17) is 11.6 Å². The zero-order valence-electron chi connectivity index (χ0n) is 6.89. The average Bonchev–Trinajstić information content (AvgIpc) is 1.94. The van der Waals surface area contributed by atoms with Crippen LogP contribution >= 0.6 is 11.6 Å². The second-order valence-electron chi connectivity index (χ2n) is 2.91. The topological polar surface area (TPSA) is 0 Å². The van der Waals surface area contributed by atoms with Gasteiger partial charge in [0.15, 0.2) is 0 Å². The Morgan fingerprint density at radius 1 is 1.45 bits per heavy atom. The van der Waals surface area contributed by atoms with E-state index in [2.05, 4.69) is 19.9 Å². The van der Waals surface area contributed by atoms with E-state index in [1.807, 2.05) is 19.1 Å². The molecule has 0 saturated heterocycles. The van der Waals surface area contributed by atoms with Gasteiger partial charge in [0.1, 0.15) is 0 Å². The molecular weight excluding hydrogens is 156 g/mol. The van der Waals surface area contributed by atoms with Crippen LogP contribution in [-0.2, 0) is 0 Å². The Bertz CT molecular complexity index is 251. The minimum absolute atomic E-state index is 0.339. The van der Waals surface area contributed by atoms with Crippen molar-refractivity contribution < 1.29 is 0 Å². The lowest BCUT2D eigenvalue weighted by atomic mass is 10.0. The quantitative estimate of drug-likeness (QED) is 0.600. The summed E-state index contributed by atoms with van der Waals surface area (Å²) in [5, 5.41) is 0.828. The maximum atomic E-state index is 5.86. The van der Waals surface area contributed by atoms with Crippen LogP contribution in [0.1, 0.15) is 24.0 Å². The van der Waals surface area contributed by atoms with Crippen molar-refractivity contribution in [2.75, 3.05) is 0 Å². The number of hydrogen-bond donors (Lipinski definition) is 0. The molecule has 59 valence electrons. The van der Waals surface area contributed by atoms with Crippen molar-refractivity contribution >= 4 is 11.6 Å². The number of rotatable bonds is 1. The minimum Gasteiger partial charge on any atom is -0.0841 e. The number of aryl methyl sites for hydroxylation is 1. The third-order valence-electron chi connectivity index (χ3n) is 1.75. The standard InChI is InChI=1S/C10H12Cl/c1-7(2)9-4-5-10(11)8(3)6-9/h4-7H,1H2,2-3H3. The predicted molar refractivity (Wildman–Crippen MR) is 50.0 cm³/mol. The summed E-state index contributed by atoms with van der Waals surface area (Å²) in [6.07, 6.45) is 0. The predicted octanol–water partition coefficient (Wildman–Crippen LogP) is 3.59. The van der Waals surface area contributed by atoms with Crippen molar-refractivity contribution in [1.82, 2.24) is 0 Å². The normalized spacial score (nSPS) is 10.6. The van der Waals surface area contributed by atoms with Crippen LogP contribution in [0, 0.1) is 13.8 Å². The lowest BCUT2D eigenvalue weighted by Gasteiger charge is -2.06. The van der Waals surface area contributed by atoms with Crippen LogP contribution in [0.3, 0.4) is 0 Å². The molecule has 1 heteroatoms. The molecule has 1 rings (SSSR count). The Balaban J connectivity index is 3.05. The van der Waals surface area contributed by atoms with Gasteiger partial charge in [-0.3, -0.25) is 0 Å². The Hall–Kier alpha value is -0.490. The molecule has 1 unspecified atom stereocenters. The fourth-order valence-corrected chi connectivity index (χ4v) is 1.09. The van der Waals surface area contributed by atoms with Gasteiger partial charge in [-0.1, -0.05) is 30.7 Å². The summed E-state index contributed by atoms with van der Waals surface area (Å²) in [5.74, 6) is 0.339. The SMILES string of the molecule is [CH2]C(C)c1ccc(Cl)c(C)c1. The lowest BCUT2D eigenvalue weighted by Crippen LogP contribution is -1.87. The van der Waals surface area contributed by atoms with Gasteiger partial charge in [0, 0.05) is 5.02 Å². The highest BCUT2D eigenvalue weighted by atomic mass is 35.5. The van der Waals surface area contributed by atoms with Crippen LogP contribution < -0.4 is 0 Å². The first-order valence-electron chi connectivity index (χ1n) is 3.70. The van der Waals surface area contributed by atoms with E-state index in [9.17, 15) is 0 Å². The van der Waals surface area contributed by atoms with Crippen LogP contribution in [0.25, 0.3) is 0 Å². The summed E-state index contributed by atoms with van der Waals surface area (Å²) >= 11 is 5.86. The first-order valence-corrected chi connectivity index (χ1v) is 4.08. The average molecular weight is 168 g/mol. The first-order chi connectivity index (χ1) is 5.11. The Morgan fingerprint density at radius 3 is 2.55 bits per heavy atom. The van der Waals surface area contributed by atoms with Gasteiger partial charge in [-0.2, -0.15) is 0 Å². The molecule has 0 saturated carbocycles. The van der Waals surface area contributed by atoms with E-state index in [-0.39, 0.29) is 0 Å². The van der Waals surface area contributed by atoms with E-state index < -0.39 is 0 Å². The van der Waals surface area contributed by atoms with Crippen LogP contribution in [0.2, 0.25) is 5.02 Å². The van der Waals surface area contributed by atoms with Crippen LogP contribution in [0.15, 0.2) is 18.2 Å². The largest absolute Gasteiger partial charge is 0.0841 e. The number of hydrogen-bond acceptors (Lipinski definition) is 0. The van der Waals surface area contributed by atoms with Crippen molar-refractivity contribution in [3.05, 3.63) is 41.3 Å². The van der Waals surface area contributed by atoms with Crippen molar-refractivity contribution in [2.45, 2.75) is 19.8 Å². The van der Waals surface area contributed by atoms with Gasteiger partial charge in [0.25, 0.3) is 0 Å². The summed E-state index contributed by atoms with van der Waals surface area (Å²) in [4.78, 5) is 0. The van der Waals surface area contributed by atoms with E-state index in [1.54, 1.807) is 0 Å². The van der Waals surface area contributed by atoms with E-state index in [0.717, 1.165) is 10.6 Å². The molecule has 0 aliphatic heterocycles. The minimum atomic E-state index is 0.339. The molecule has 0 N–H and O–H groups in total. The third-order valence-corrected chi connectivity index (χ3v) is 2.18. The van der Waals surface area contributed by atoms with Gasteiger partial charge >= 0.3 is 0 Å². The zero-order chi connectivity index (χ0) is 8.43. The lowest BCUT2D eigenvalue weighted by molar-refractivity contribution is 0.961. The zero-order valence-corrected chi connectivity index (χ0v) is 7.65. The van der Waals surface area contributed by atoms with Gasteiger partial charge in [-0.15, -0.1) is 0 Å². The molecule has 1 aromatic rings.